The second-order valence-corrected chi connectivity index (χ2v) is 7.26. The SMILES string of the molecule is CC(=O)CSc1ccc(C#N)cn1.Cc1cccc2c1CCCCC2. The Morgan fingerprint density at radius 2 is 2.00 bits per heavy atom. The number of aryl methyl sites for hydroxylation is 2. The molecule has 0 bridgehead atoms. The Balaban J connectivity index is 0.000000181. The number of rotatable bonds is 3. The van der Waals surface area contributed by atoms with Gasteiger partial charge in [-0.3, -0.25) is 4.79 Å². The molecule has 1 aromatic carbocycles. The topological polar surface area (TPSA) is 53.8 Å². The maximum absolute atomic E-state index is 10.6. The molecule has 2 aromatic rings. The highest BCUT2D eigenvalue weighted by Crippen LogP contribution is 2.22. The minimum Gasteiger partial charge on any atom is -0.299 e. The summed E-state index contributed by atoms with van der Waals surface area (Å²) in [7, 11) is 0. The van der Waals surface area contributed by atoms with Gasteiger partial charge in [0.25, 0.3) is 0 Å². The Morgan fingerprint density at radius 3 is 2.68 bits per heavy atom. The number of Topliss-reactive ketones (excluding diaryl/α,β-unsaturated/α-hetero) is 1. The zero-order valence-corrected chi connectivity index (χ0v) is 15.7. The molecule has 0 fully saturated rings. The number of nitriles is 1. The fourth-order valence-corrected chi connectivity index (χ4v) is 3.50. The van der Waals surface area contributed by atoms with Gasteiger partial charge in [-0.15, -0.1) is 0 Å². The number of fused-ring (bicyclic) bond motifs is 1. The Kier molecular flexibility index (Phi) is 7.69. The zero-order chi connectivity index (χ0) is 18.1. The largest absolute Gasteiger partial charge is 0.299 e. The van der Waals surface area contributed by atoms with E-state index in [4.69, 9.17) is 5.26 Å². The van der Waals surface area contributed by atoms with Gasteiger partial charge in [-0.05, 0) is 68.4 Å². The maximum atomic E-state index is 10.6. The van der Waals surface area contributed by atoms with Crippen molar-refractivity contribution in [1.82, 2.24) is 4.98 Å². The molecular weight excluding hydrogens is 328 g/mol. The van der Waals surface area contributed by atoms with Gasteiger partial charge in [-0.1, -0.05) is 36.4 Å². The quantitative estimate of drug-likeness (QED) is 0.582. The van der Waals surface area contributed by atoms with Crippen molar-refractivity contribution in [2.75, 3.05) is 5.75 Å². The summed E-state index contributed by atoms with van der Waals surface area (Å²) in [6.45, 7) is 3.78. The molecule has 0 aliphatic heterocycles. The van der Waals surface area contributed by atoms with E-state index in [9.17, 15) is 4.79 Å². The highest BCUT2D eigenvalue weighted by molar-refractivity contribution is 7.99. The van der Waals surface area contributed by atoms with Gasteiger partial charge in [-0.25, -0.2) is 4.98 Å². The molecule has 0 radical (unpaired) electrons. The lowest BCUT2D eigenvalue weighted by atomic mass is 9.98. The van der Waals surface area contributed by atoms with Gasteiger partial charge in [0, 0.05) is 6.20 Å². The first kappa shape index (κ1) is 19.2. The van der Waals surface area contributed by atoms with Crippen molar-refractivity contribution in [3.05, 3.63) is 58.8 Å². The average Bonchev–Trinajstić information content (AvgIpc) is 2.87. The lowest BCUT2D eigenvalue weighted by Crippen LogP contribution is -1.93. The molecule has 1 aliphatic carbocycles. The van der Waals surface area contributed by atoms with Crippen molar-refractivity contribution < 1.29 is 4.79 Å². The molecule has 3 nitrogen and oxygen atoms in total. The third-order valence-electron chi connectivity index (χ3n) is 4.17. The Morgan fingerprint density at radius 1 is 1.20 bits per heavy atom. The molecule has 0 saturated heterocycles. The zero-order valence-electron chi connectivity index (χ0n) is 14.9. The van der Waals surface area contributed by atoms with Crippen LogP contribution in [0.5, 0.6) is 0 Å². The van der Waals surface area contributed by atoms with Crippen molar-refractivity contribution in [1.29, 1.82) is 5.26 Å². The highest BCUT2D eigenvalue weighted by atomic mass is 32.2. The minimum atomic E-state index is 0.121. The number of benzene rings is 1. The van der Waals surface area contributed by atoms with Crippen LogP contribution in [0.3, 0.4) is 0 Å². The summed E-state index contributed by atoms with van der Waals surface area (Å²) in [4.78, 5) is 14.6. The average molecular weight is 353 g/mol. The predicted octanol–water partition coefficient (Wildman–Crippen LogP) is 4.90. The van der Waals surface area contributed by atoms with Gasteiger partial charge in [0.1, 0.15) is 11.9 Å². The predicted molar refractivity (Wildman–Crippen MR) is 103 cm³/mol. The first-order chi connectivity index (χ1) is 12.1. The van der Waals surface area contributed by atoms with E-state index in [1.807, 2.05) is 6.07 Å². The van der Waals surface area contributed by atoms with Gasteiger partial charge in [0.2, 0.25) is 0 Å². The lowest BCUT2D eigenvalue weighted by Gasteiger charge is -2.07. The first-order valence-electron chi connectivity index (χ1n) is 8.66. The summed E-state index contributed by atoms with van der Waals surface area (Å²) >= 11 is 1.38. The molecule has 0 atom stereocenters. The summed E-state index contributed by atoms with van der Waals surface area (Å²) in [5, 5.41) is 9.27. The lowest BCUT2D eigenvalue weighted by molar-refractivity contribution is -0.114. The summed E-state index contributed by atoms with van der Waals surface area (Å²) in [5.74, 6) is 0.551. The second kappa shape index (κ2) is 10.0. The molecule has 1 aromatic heterocycles. The minimum absolute atomic E-state index is 0.121. The number of pyridine rings is 1. The van der Waals surface area contributed by atoms with Crippen LogP contribution in [0.15, 0.2) is 41.6 Å². The van der Waals surface area contributed by atoms with Gasteiger partial charge < -0.3 is 0 Å². The Hall–Kier alpha value is -2.12. The molecule has 130 valence electrons. The summed E-state index contributed by atoms with van der Waals surface area (Å²) in [6.07, 6.45) is 8.30. The molecule has 0 unspecified atom stereocenters. The summed E-state index contributed by atoms with van der Waals surface area (Å²) < 4.78 is 0. The van der Waals surface area contributed by atoms with E-state index in [1.165, 1.54) is 62.6 Å². The molecule has 25 heavy (non-hydrogen) atoms. The van der Waals surface area contributed by atoms with Gasteiger partial charge in [0.05, 0.1) is 16.3 Å². The standard InChI is InChI=1S/C12H16.C9H8N2OS/c1-10-6-5-8-11-7-3-2-4-9-12(10)11;1-7(12)6-13-9-3-2-8(4-10)5-11-9/h5-6,8H,2-4,7,9H2,1H3;2-3,5H,6H2,1H3. The van der Waals surface area contributed by atoms with Crippen LogP contribution in [0.25, 0.3) is 0 Å². The number of thioether (sulfide) groups is 1. The monoisotopic (exact) mass is 352 g/mol. The van der Waals surface area contributed by atoms with Gasteiger partial charge in [0.15, 0.2) is 0 Å². The molecular formula is C21H24N2OS. The molecule has 1 aliphatic rings. The van der Waals surface area contributed by atoms with Crippen LogP contribution in [0.4, 0.5) is 0 Å². The molecule has 0 saturated carbocycles. The van der Waals surface area contributed by atoms with Crippen LogP contribution >= 0.6 is 11.8 Å². The number of ketones is 1. The van der Waals surface area contributed by atoms with E-state index in [2.05, 4.69) is 30.1 Å². The molecule has 1 heterocycles. The third kappa shape index (κ3) is 6.36. The summed E-state index contributed by atoms with van der Waals surface area (Å²) in [6, 6.07) is 12.1. The number of aromatic nitrogens is 1. The van der Waals surface area contributed by atoms with E-state index in [1.54, 1.807) is 23.3 Å². The smallest absolute Gasteiger partial charge is 0.140 e. The van der Waals surface area contributed by atoms with Gasteiger partial charge in [-0.2, -0.15) is 5.26 Å². The van der Waals surface area contributed by atoms with Crippen LogP contribution in [-0.4, -0.2) is 16.5 Å². The van der Waals surface area contributed by atoms with Crippen molar-refractivity contribution in [3.8, 4) is 6.07 Å². The number of carbonyl (C=O) groups is 1. The Bertz CT molecular complexity index is 747. The molecule has 0 amide bonds. The van der Waals surface area contributed by atoms with Crippen molar-refractivity contribution in [2.45, 2.75) is 51.0 Å². The van der Waals surface area contributed by atoms with E-state index in [0.717, 1.165) is 5.03 Å². The van der Waals surface area contributed by atoms with Crippen LogP contribution in [0.1, 0.15) is 48.4 Å². The number of nitrogens with zero attached hydrogens (tertiary/aromatic N) is 2. The number of hydrogen-bond acceptors (Lipinski definition) is 4. The van der Waals surface area contributed by atoms with Crippen LogP contribution in [-0.2, 0) is 17.6 Å². The Labute approximate surface area is 154 Å². The van der Waals surface area contributed by atoms with Crippen molar-refractivity contribution >= 4 is 17.5 Å². The fourth-order valence-electron chi connectivity index (χ4n) is 2.86. The molecule has 0 spiro atoms. The maximum Gasteiger partial charge on any atom is 0.140 e. The van der Waals surface area contributed by atoms with Crippen molar-refractivity contribution in [2.24, 2.45) is 0 Å². The van der Waals surface area contributed by atoms with Gasteiger partial charge >= 0.3 is 0 Å². The van der Waals surface area contributed by atoms with E-state index in [-0.39, 0.29) is 5.78 Å². The van der Waals surface area contributed by atoms with E-state index in [0.29, 0.717) is 11.3 Å². The molecule has 4 heteroatoms. The number of carbonyl (C=O) groups excluding carboxylic acids is 1. The van der Waals surface area contributed by atoms with Crippen LogP contribution in [0, 0.1) is 18.3 Å². The van der Waals surface area contributed by atoms with Crippen LogP contribution < -0.4 is 0 Å². The van der Waals surface area contributed by atoms with Crippen molar-refractivity contribution in [3.63, 3.8) is 0 Å². The fraction of sp³-hybridized carbons (Fsp3) is 0.381. The number of hydrogen-bond donors (Lipinski definition) is 0. The van der Waals surface area contributed by atoms with Crippen LogP contribution in [0.2, 0.25) is 0 Å². The highest BCUT2D eigenvalue weighted by Gasteiger charge is 2.08. The van der Waals surface area contributed by atoms with E-state index < -0.39 is 0 Å². The van der Waals surface area contributed by atoms with E-state index >= 15 is 0 Å². The molecule has 0 N–H and O–H groups in total. The molecule has 3 rings (SSSR count). The summed E-state index contributed by atoms with van der Waals surface area (Å²) in [5.41, 5.74) is 5.27. The second-order valence-electron chi connectivity index (χ2n) is 6.26. The third-order valence-corrected chi connectivity index (χ3v) is 5.26. The normalized spacial score (nSPS) is 12.8. The first-order valence-corrected chi connectivity index (χ1v) is 9.64.